The summed E-state index contributed by atoms with van der Waals surface area (Å²) >= 11 is 0. The van der Waals surface area contributed by atoms with Gasteiger partial charge in [-0.2, -0.15) is 0 Å². The minimum Gasteiger partial charge on any atom is -0.481 e. The molecular formula is C10H18N2O4. The average molecular weight is 230 g/mol. The first-order chi connectivity index (χ1) is 7.41. The summed E-state index contributed by atoms with van der Waals surface area (Å²) in [6.45, 7) is 3.57. The molecule has 0 aromatic rings. The number of nitrogens with one attached hydrogen (secondary N) is 2. The van der Waals surface area contributed by atoms with Crippen LogP contribution in [-0.2, 0) is 9.59 Å². The topological polar surface area (TPSA) is 95.5 Å². The Morgan fingerprint density at radius 3 is 2.31 bits per heavy atom. The van der Waals surface area contributed by atoms with E-state index in [4.69, 9.17) is 5.11 Å². The molecule has 0 radical (unpaired) electrons. The van der Waals surface area contributed by atoms with E-state index >= 15 is 0 Å². The van der Waals surface area contributed by atoms with Gasteiger partial charge in [-0.3, -0.25) is 9.59 Å². The zero-order chi connectivity index (χ0) is 12.6. The molecule has 0 rings (SSSR count). The highest BCUT2D eigenvalue weighted by atomic mass is 16.4. The molecule has 0 saturated heterocycles. The van der Waals surface area contributed by atoms with Crippen LogP contribution in [0.1, 0.15) is 33.1 Å². The zero-order valence-electron chi connectivity index (χ0n) is 9.58. The van der Waals surface area contributed by atoms with Gasteiger partial charge in [0.1, 0.15) is 0 Å². The SMILES string of the molecule is CC(C)NC(=O)NCC(=O)CCCC(=O)O. The van der Waals surface area contributed by atoms with Gasteiger partial charge >= 0.3 is 12.0 Å². The standard InChI is InChI=1S/C10H18N2O4/c1-7(2)12-10(16)11-6-8(13)4-3-5-9(14)15/h7H,3-6H2,1-2H3,(H,14,15)(H2,11,12,16). The number of Topliss-reactive ketones (excluding diaryl/α,β-unsaturated/α-hetero) is 1. The first-order valence-electron chi connectivity index (χ1n) is 5.19. The van der Waals surface area contributed by atoms with Crippen LogP contribution in [0.2, 0.25) is 0 Å². The maximum atomic E-state index is 11.2. The van der Waals surface area contributed by atoms with E-state index < -0.39 is 5.97 Å². The van der Waals surface area contributed by atoms with Gasteiger partial charge in [-0.1, -0.05) is 0 Å². The summed E-state index contributed by atoms with van der Waals surface area (Å²) in [4.78, 5) is 32.4. The number of amides is 2. The number of rotatable bonds is 7. The number of hydrogen-bond donors (Lipinski definition) is 3. The Kier molecular flexibility index (Phi) is 6.91. The van der Waals surface area contributed by atoms with Gasteiger partial charge in [0.15, 0.2) is 5.78 Å². The fourth-order valence-corrected chi connectivity index (χ4v) is 1.02. The lowest BCUT2D eigenvalue weighted by molar-refractivity contribution is -0.137. The lowest BCUT2D eigenvalue weighted by Crippen LogP contribution is -2.41. The first kappa shape index (κ1) is 14.4. The second-order valence-corrected chi connectivity index (χ2v) is 3.77. The van der Waals surface area contributed by atoms with Gasteiger partial charge in [-0.25, -0.2) is 4.79 Å². The number of aliphatic carboxylic acids is 1. The van der Waals surface area contributed by atoms with Crippen LogP contribution in [0, 0.1) is 0 Å². The van der Waals surface area contributed by atoms with Crippen molar-refractivity contribution in [3.05, 3.63) is 0 Å². The van der Waals surface area contributed by atoms with Gasteiger partial charge in [0.25, 0.3) is 0 Å². The predicted molar refractivity (Wildman–Crippen MR) is 58.2 cm³/mol. The Morgan fingerprint density at radius 2 is 1.81 bits per heavy atom. The van der Waals surface area contributed by atoms with Crippen LogP contribution in [0.5, 0.6) is 0 Å². The van der Waals surface area contributed by atoms with Gasteiger partial charge < -0.3 is 15.7 Å². The van der Waals surface area contributed by atoms with Crippen molar-refractivity contribution in [2.75, 3.05) is 6.54 Å². The van der Waals surface area contributed by atoms with Crippen LogP contribution in [0.3, 0.4) is 0 Å². The Hall–Kier alpha value is -1.59. The van der Waals surface area contributed by atoms with E-state index in [0.717, 1.165) is 0 Å². The average Bonchev–Trinajstić information content (AvgIpc) is 2.13. The second kappa shape index (κ2) is 7.67. The highest BCUT2D eigenvalue weighted by Crippen LogP contribution is 1.95. The summed E-state index contributed by atoms with van der Waals surface area (Å²) in [7, 11) is 0. The van der Waals surface area contributed by atoms with Crippen LogP contribution < -0.4 is 10.6 Å². The van der Waals surface area contributed by atoms with Crippen molar-refractivity contribution in [3.63, 3.8) is 0 Å². The highest BCUT2D eigenvalue weighted by molar-refractivity contribution is 5.85. The number of hydrogen-bond acceptors (Lipinski definition) is 3. The summed E-state index contributed by atoms with van der Waals surface area (Å²) < 4.78 is 0. The number of carbonyl (C=O) groups excluding carboxylic acids is 2. The monoisotopic (exact) mass is 230 g/mol. The normalized spacial score (nSPS) is 9.94. The predicted octanol–water partition coefficient (Wildman–Crippen LogP) is 0.518. The molecule has 0 bridgehead atoms. The Bertz CT molecular complexity index is 264. The molecule has 0 aliphatic rings. The first-order valence-corrected chi connectivity index (χ1v) is 5.19. The van der Waals surface area contributed by atoms with Crippen LogP contribution >= 0.6 is 0 Å². The molecule has 0 aliphatic carbocycles. The van der Waals surface area contributed by atoms with Crippen molar-refractivity contribution in [3.8, 4) is 0 Å². The van der Waals surface area contributed by atoms with E-state index in [1.807, 2.05) is 13.8 Å². The van der Waals surface area contributed by atoms with Crippen LogP contribution in [0.25, 0.3) is 0 Å². The van der Waals surface area contributed by atoms with Gasteiger partial charge in [-0.15, -0.1) is 0 Å². The molecule has 0 fully saturated rings. The fraction of sp³-hybridized carbons (Fsp3) is 0.700. The number of urea groups is 1. The van der Waals surface area contributed by atoms with E-state index in [1.165, 1.54) is 0 Å². The minimum absolute atomic E-state index is 0.0158. The Balaban J connectivity index is 3.57. The van der Waals surface area contributed by atoms with E-state index in [-0.39, 0.29) is 37.2 Å². The molecule has 0 heterocycles. The van der Waals surface area contributed by atoms with E-state index in [0.29, 0.717) is 6.42 Å². The smallest absolute Gasteiger partial charge is 0.315 e. The van der Waals surface area contributed by atoms with Crippen LogP contribution in [0.4, 0.5) is 4.79 Å². The van der Waals surface area contributed by atoms with Gasteiger partial charge in [0.05, 0.1) is 6.54 Å². The molecule has 0 aromatic carbocycles. The van der Waals surface area contributed by atoms with Crippen molar-refractivity contribution in [1.29, 1.82) is 0 Å². The lowest BCUT2D eigenvalue weighted by Gasteiger charge is -2.09. The van der Waals surface area contributed by atoms with Gasteiger partial charge in [0, 0.05) is 18.9 Å². The van der Waals surface area contributed by atoms with Gasteiger partial charge in [-0.05, 0) is 20.3 Å². The molecular weight excluding hydrogens is 212 g/mol. The molecule has 16 heavy (non-hydrogen) atoms. The molecule has 6 heteroatoms. The number of ketones is 1. The van der Waals surface area contributed by atoms with Crippen molar-refractivity contribution < 1.29 is 19.5 Å². The number of carboxylic acid groups (broad SMARTS) is 1. The molecule has 0 atom stereocenters. The Labute approximate surface area is 94.4 Å². The Morgan fingerprint density at radius 1 is 1.19 bits per heavy atom. The molecule has 0 aliphatic heterocycles. The van der Waals surface area contributed by atoms with Gasteiger partial charge in [0.2, 0.25) is 0 Å². The van der Waals surface area contributed by atoms with Crippen LogP contribution in [-0.4, -0.2) is 35.5 Å². The molecule has 3 N–H and O–H groups in total. The maximum absolute atomic E-state index is 11.2. The van der Waals surface area contributed by atoms with Crippen molar-refractivity contribution >= 4 is 17.8 Å². The molecule has 92 valence electrons. The van der Waals surface area contributed by atoms with E-state index in [2.05, 4.69) is 10.6 Å². The molecule has 6 nitrogen and oxygen atoms in total. The third-order valence-electron chi connectivity index (χ3n) is 1.71. The summed E-state index contributed by atoms with van der Waals surface area (Å²) in [5.41, 5.74) is 0. The third-order valence-corrected chi connectivity index (χ3v) is 1.71. The maximum Gasteiger partial charge on any atom is 0.315 e. The fourth-order valence-electron chi connectivity index (χ4n) is 1.02. The molecule has 2 amide bonds. The lowest BCUT2D eigenvalue weighted by atomic mass is 10.2. The minimum atomic E-state index is -0.918. The molecule has 0 saturated carbocycles. The summed E-state index contributed by atoms with van der Waals surface area (Å²) in [6.07, 6.45) is 0.458. The van der Waals surface area contributed by atoms with Crippen molar-refractivity contribution in [1.82, 2.24) is 10.6 Å². The third kappa shape index (κ3) is 8.98. The molecule has 0 aromatic heterocycles. The quantitative estimate of drug-likeness (QED) is 0.594. The number of carboxylic acids is 1. The summed E-state index contributed by atoms with van der Waals surface area (Å²) in [5.74, 6) is -1.08. The summed E-state index contributed by atoms with van der Waals surface area (Å²) in [6, 6.07) is -0.372. The van der Waals surface area contributed by atoms with Crippen molar-refractivity contribution in [2.45, 2.75) is 39.2 Å². The number of carbonyl (C=O) groups is 3. The largest absolute Gasteiger partial charge is 0.481 e. The van der Waals surface area contributed by atoms with E-state index in [1.54, 1.807) is 0 Å². The van der Waals surface area contributed by atoms with Crippen molar-refractivity contribution in [2.24, 2.45) is 0 Å². The molecule has 0 unspecified atom stereocenters. The van der Waals surface area contributed by atoms with Crippen LogP contribution in [0.15, 0.2) is 0 Å². The van der Waals surface area contributed by atoms with E-state index in [9.17, 15) is 14.4 Å². The highest BCUT2D eigenvalue weighted by Gasteiger charge is 2.07. The molecule has 0 spiro atoms. The zero-order valence-corrected chi connectivity index (χ0v) is 9.58. The summed E-state index contributed by atoms with van der Waals surface area (Å²) in [5, 5.41) is 13.3. The second-order valence-electron chi connectivity index (χ2n) is 3.77.